The van der Waals surface area contributed by atoms with Crippen LogP contribution in [0.15, 0.2) is 66.7 Å². The van der Waals surface area contributed by atoms with Crippen molar-refractivity contribution in [2.45, 2.75) is 33.4 Å². The molecule has 0 aromatic heterocycles. The number of anilines is 2. The normalized spacial score (nSPS) is 10.7. The molecule has 0 bridgehead atoms. The smallest absolute Gasteiger partial charge is 0.224 e. The van der Waals surface area contributed by atoms with Crippen LogP contribution in [-0.4, -0.2) is 13.0 Å². The molecule has 0 atom stereocenters. The fourth-order valence-corrected chi connectivity index (χ4v) is 3.21. The molecule has 3 rings (SSSR count). The summed E-state index contributed by atoms with van der Waals surface area (Å²) < 4.78 is 25.0. The number of carbonyl (C=O) groups excluding carboxylic acids is 1. The third-order valence-corrected chi connectivity index (χ3v) is 4.81. The van der Waals surface area contributed by atoms with E-state index in [1.807, 2.05) is 56.3 Å². The number of hydrogen-bond acceptors (Lipinski definition) is 4. The molecule has 1 amide bonds. The average Bonchev–Trinajstić information content (AvgIpc) is 2.77. The van der Waals surface area contributed by atoms with E-state index in [2.05, 4.69) is 10.6 Å². The Morgan fingerprint density at radius 3 is 2.50 bits per heavy atom. The lowest BCUT2D eigenvalue weighted by Gasteiger charge is -2.14. The van der Waals surface area contributed by atoms with Gasteiger partial charge < -0.3 is 20.1 Å². The van der Waals surface area contributed by atoms with Crippen molar-refractivity contribution in [3.63, 3.8) is 0 Å². The van der Waals surface area contributed by atoms with Crippen LogP contribution < -0.4 is 20.1 Å². The number of carbonyl (C=O) groups is 1. The molecule has 6 heteroatoms. The molecule has 5 nitrogen and oxygen atoms in total. The highest BCUT2D eigenvalue weighted by molar-refractivity contribution is 5.91. The SMILES string of the molecule is COc1cc(CNc2cccc(NC(=O)CC(C)C)c2)ccc1OCc1ccccc1F. The minimum Gasteiger partial charge on any atom is -0.493 e. The number of amides is 1. The molecule has 0 fully saturated rings. The van der Waals surface area contributed by atoms with Gasteiger partial charge in [0.05, 0.1) is 7.11 Å². The van der Waals surface area contributed by atoms with E-state index in [1.165, 1.54) is 6.07 Å². The van der Waals surface area contributed by atoms with Gasteiger partial charge in [-0.05, 0) is 47.9 Å². The Balaban J connectivity index is 1.60. The summed E-state index contributed by atoms with van der Waals surface area (Å²) in [5, 5.41) is 6.28. The predicted molar refractivity (Wildman–Crippen MR) is 126 cm³/mol. The minimum atomic E-state index is -0.296. The Labute approximate surface area is 188 Å². The van der Waals surface area contributed by atoms with Crippen molar-refractivity contribution in [3.8, 4) is 11.5 Å². The number of ether oxygens (including phenoxy) is 2. The topological polar surface area (TPSA) is 59.6 Å². The second kappa shape index (κ2) is 11.2. The molecule has 0 spiro atoms. The summed E-state index contributed by atoms with van der Waals surface area (Å²) in [6.07, 6.45) is 0.489. The molecule has 0 saturated carbocycles. The molecule has 3 aromatic rings. The minimum absolute atomic E-state index is 0.00728. The van der Waals surface area contributed by atoms with E-state index in [1.54, 1.807) is 25.3 Å². The summed E-state index contributed by atoms with van der Waals surface area (Å²) in [7, 11) is 1.58. The zero-order chi connectivity index (χ0) is 22.9. The Morgan fingerprint density at radius 2 is 1.75 bits per heavy atom. The van der Waals surface area contributed by atoms with E-state index in [9.17, 15) is 9.18 Å². The number of hydrogen-bond donors (Lipinski definition) is 2. The van der Waals surface area contributed by atoms with Crippen LogP contribution in [0.25, 0.3) is 0 Å². The zero-order valence-corrected chi connectivity index (χ0v) is 18.7. The van der Waals surface area contributed by atoms with Gasteiger partial charge in [-0.3, -0.25) is 4.79 Å². The molecule has 0 heterocycles. The van der Waals surface area contributed by atoms with E-state index in [0.717, 1.165) is 16.9 Å². The molecule has 0 saturated heterocycles. The van der Waals surface area contributed by atoms with Crippen molar-refractivity contribution < 1.29 is 18.7 Å². The number of methoxy groups -OCH3 is 1. The molecule has 0 aliphatic carbocycles. The van der Waals surface area contributed by atoms with E-state index in [4.69, 9.17) is 9.47 Å². The van der Waals surface area contributed by atoms with E-state index in [-0.39, 0.29) is 18.3 Å². The van der Waals surface area contributed by atoms with Crippen molar-refractivity contribution in [2.24, 2.45) is 5.92 Å². The fraction of sp³-hybridized carbons (Fsp3) is 0.269. The first-order valence-electron chi connectivity index (χ1n) is 10.6. The molecule has 2 N–H and O–H groups in total. The Morgan fingerprint density at radius 1 is 0.969 bits per heavy atom. The monoisotopic (exact) mass is 436 g/mol. The van der Waals surface area contributed by atoms with Crippen LogP contribution in [0.2, 0.25) is 0 Å². The summed E-state index contributed by atoms with van der Waals surface area (Å²) >= 11 is 0. The first-order valence-corrected chi connectivity index (χ1v) is 10.6. The molecule has 0 unspecified atom stereocenters. The first kappa shape index (κ1) is 23.1. The number of halogens is 1. The summed E-state index contributed by atoms with van der Waals surface area (Å²) in [5.74, 6) is 1.15. The van der Waals surface area contributed by atoms with Crippen LogP contribution in [0.5, 0.6) is 11.5 Å². The lowest BCUT2D eigenvalue weighted by molar-refractivity contribution is -0.116. The lowest BCUT2D eigenvalue weighted by Crippen LogP contribution is -2.13. The lowest BCUT2D eigenvalue weighted by atomic mass is 10.1. The fourth-order valence-electron chi connectivity index (χ4n) is 3.21. The summed E-state index contributed by atoms with van der Waals surface area (Å²) in [5.41, 5.74) is 3.14. The maximum Gasteiger partial charge on any atom is 0.224 e. The number of nitrogens with one attached hydrogen (secondary N) is 2. The van der Waals surface area contributed by atoms with Gasteiger partial charge in [-0.1, -0.05) is 44.2 Å². The van der Waals surface area contributed by atoms with Crippen LogP contribution in [0.1, 0.15) is 31.4 Å². The number of rotatable bonds is 10. The van der Waals surface area contributed by atoms with Crippen LogP contribution in [-0.2, 0) is 17.9 Å². The van der Waals surface area contributed by atoms with Gasteiger partial charge in [-0.15, -0.1) is 0 Å². The van der Waals surface area contributed by atoms with Crippen LogP contribution in [0.3, 0.4) is 0 Å². The first-order chi connectivity index (χ1) is 15.4. The van der Waals surface area contributed by atoms with Gasteiger partial charge in [-0.2, -0.15) is 0 Å². The molecule has 0 aliphatic rings. The van der Waals surface area contributed by atoms with Gasteiger partial charge in [0.1, 0.15) is 12.4 Å². The molecule has 0 radical (unpaired) electrons. The van der Waals surface area contributed by atoms with E-state index >= 15 is 0 Å². The van der Waals surface area contributed by atoms with E-state index < -0.39 is 0 Å². The number of benzene rings is 3. The maximum absolute atomic E-state index is 13.8. The van der Waals surface area contributed by atoms with Crippen LogP contribution in [0.4, 0.5) is 15.8 Å². The van der Waals surface area contributed by atoms with Gasteiger partial charge in [0.15, 0.2) is 11.5 Å². The molecule has 0 aliphatic heterocycles. The molecular formula is C26H29FN2O3. The standard InChI is InChI=1S/C26H29FN2O3/c1-18(2)13-26(30)29-22-9-6-8-21(15-22)28-16-19-11-12-24(25(14-19)31-3)32-17-20-7-4-5-10-23(20)27/h4-12,14-15,18,28H,13,16-17H2,1-3H3,(H,29,30). The third-order valence-electron chi connectivity index (χ3n) is 4.81. The predicted octanol–water partition coefficient (Wildman–Crippen LogP) is 6.01. The highest BCUT2D eigenvalue weighted by Crippen LogP contribution is 2.29. The van der Waals surface area contributed by atoms with Crippen molar-refractivity contribution in [2.75, 3.05) is 17.7 Å². The largest absolute Gasteiger partial charge is 0.493 e. The maximum atomic E-state index is 13.8. The summed E-state index contributed by atoms with van der Waals surface area (Å²) in [4.78, 5) is 12.0. The van der Waals surface area contributed by atoms with Gasteiger partial charge in [0.25, 0.3) is 0 Å². The Hall–Kier alpha value is -3.54. The average molecular weight is 437 g/mol. The quantitative estimate of drug-likeness (QED) is 0.409. The Kier molecular flexibility index (Phi) is 8.08. The van der Waals surface area contributed by atoms with Gasteiger partial charge in [0.2, 0.25) is 5.91 Å². The molecular weight excluding hydrogens is 407 g/mol. The molecule has 3 aromatic carbocycles. The van der Waals surface area contributed by atoms with Crippen LogP contribution in [0, 0.1) is 11.7 Å². The second-order valence-corrected chi connectivity index (χ2v) is 7.95. The van der Waals surface area contributed by atoms with Crippen molar-refractivity contribution in [1.82, 2.24) is 0 Å². The van der Waals surface area contributed by atoms with Gasteiger partial charge in [-0.25, -0.2) is 4.39 Å². The Bertz CT molecular complexity index is 1050. The van der Waals surface area contributed by atoms with Gasteiger partial charge in [0, 0.05) is 29.9 Å². The highest BCUT2D eigenvalue weighted by atomic mass is 19.1. The van der Waals surface area contributed by atoms with Gasteiger partial charge >= 0.3 is 0 Å². The third kappa shape index (κ3) is 6.74. The molecule has 168 valence electrons. The van der Waals surface area contributed by atoms with Crippen molar-refractivity contribution >= 4 is 17.3 Å². The summed E-state index contributed by atoms with van der Waals surface area (Å²) in [6, 6.07) is 19.8. The second-order valence-electron chi connectivity index (χ2n) is 7.95. The van der Waals surface area contributed by atoms with E-state index in [0.29, 0.717) is 35.9 Å². The highest BCUT2D eigenvalue weighted by Gasteiger charge is 2.09. The zero-order valence-electron chi connectivity index (χ0n) is 18.7. The summed E-state index contributed by atoms with van der Waals surface area (Å²) in [6.45, 7) is 4.72. The van der Waals surface area contributed by atoms with Crippen molar-refractivity contribution in [1.29, 1.82) is 0 Å². The van der Waals surface area contributed by atoms with Crippen LogP contribution >= 0.6 is 0 Å². The molecule has 32 heavy (non-hydrogen) atoms. The van der Waals surface area contributed by atoms with Crippen molar-refractivity contribution in [3.05, 3.63) is 83.7 Å².